The zero-order valence-corrected chi connectivity index (χ0v) is 10.2. The average molecular weight is 240 g/mol. The van der Waals surface area contributed by atoms with Crippen molar-refractivity contribution in [3.05, 3.63) is 59.9 Å². The molecule has 1 aromatic carbocycles. The SMILES string of the molecule is c1ccc2c(c1)OCCC2NCc1ccncc1. The van der Waals surface area contributed by atoms with E-state index < -0.39 is 0 Å². The van der Waals surface area contributed by atoms with Crippen LogP contribution in [-0.2, 0) is 6.54 Å². The third-order valence-corrected chi connectivity index (χ3v) is 3.26. The van der Waals surface area contributed by atoms with Crippen molar-refractivity contribution < 1.29 is 4.74 Å². The summed E-state index contributed by atoms with van der Waals surface area (Å²) in [5.41, 5.74) is 2.52. The molecular weight excluding hydrogens is 224 g/mol. The van der Waals surface area contributed by atoms with E-state index in [0.717, 1.165) is 25.3 Å². The minimum Gasteiger partial charge on any atom is -0.493 e. The van der Waals surface area contributed by atoms with Gasteiger partial charge in [0.15, 0.2) is 0 Å². The smallest absolute Gasteiger partial charge is 0.124 e. The average Bonchev–Trinajstić information content (AvgIpc) is 2.46. The molecule has 18 heavy (non-hydrogen) atoms. The Hall–Kier alpha value is -1.87. The van der Waals surface area contributed by atoms with Gasteiger partial charge < -0.3 is 10.1 Å². The molecule has 1 aliphatic rings. The van der Waals surface area contributed by atoms with Gasteiger partial charge in [-0.05, 0) is 23.8 Å². The number of nitrogens with zero attached hydrogens (tertiary/aromatic N) is 1. The normalized spacial score (nSPS) is 17.9. The molecule has 3 heteroatoms. The van der Waals surface area contributed by atoms with Crippen LogP contribution in [0.3, 0.4) is 0 Å². The molecule has 2 aromatic rings. The van der Waals surface area contributed by atoms with Crippen LogP contribution in [0.15, 0.2) is 48.8 Å². The molecule has 92 valence electrons. The van der Waals surface area contributed by atoms with E-state index in [1.165, 1.54) is 11.1 Å². The van der Waals surface area contributed by atoms with Crippen molar-refractivity contribution in [3.8, 4) is 5.75 Å². The third-order valence-electron chi connectivity index (χ3n) is 3.26. The molecular formula is C15H16N2O. The van der Waals surface area contributed by atoms with Gasteiger partial charge in [0.25, 0.3) is 0 Å². The molecule has 0 saturated heterocycles. The van der Waals surface area contributed by atoms with E-state index in [-0.39, 0.29) is 0 Å². The highest BCUT2D eigenvalue weighted by Gasteiger charge is 2.19. The summed E-state index contributed by atoms with van der Waals surface area (Å²) in [4.78, 5) is 4.03. The first kappa shape index (κ1) is 11.2. The fraction of sp³-hybridized carbons (Fsp3) is 0.267. The Balaban J connectivity index is 1.71. The second-order valence-electron chi connectivity index (χ2n) is 4.46. The van der Waals surface area contributed by atoms with Crippen LogP contribution in [0.1, 0.15) is 23.6 Å². The summed E-state index contributed by atoms with van der Waals surface area (Å²) in [5, 5.41) is 3.59. The number of rotatable bonds is 3. The van der Waals surface area contributed by atoms with Crippen LogP contribution in [0.5, 0.6) is 5.75 Å². The maximum atomic E-state index is 5.66. The highest BCUT2D eigenvalue weighted by Crippen LogP contribution is 2.31. The molecule has 0 bridgehead atoms. The van der Waals surface area contributed by atoms with Crippen molar-refractivity contribution in [2.24, 2.45) is 0 Å². The van der Waals surface area contributed by atoms with Crippen LogP contribution in [-0.4, -0.2) is 11.6 Å². The molecule has 1 unspecified atom stereocenters. The van der Waals surface area contributed by atoms with Crippen molar-refractivity contribution in [3.63, 3.8) is 0 Å². The number of pyridine rings is 1. The van der Waals surface area contributed by atoms with Crippen LogP contribution in [0.25, 0.3) is 0 Å². The van der Waals surface area contributed by atoms with Crippen LogP contribution < -0.4 is 10.1 Å². The van der Waals surface area contributed by atoms with E-state index in [1.54, 1.807) is 0 Å². The fourth-order valence-corrected chi connectivity index (χ4v) is 2.30. The van der Waals surface area contributed by atoms with Gasteiger partial charge >= 0.3 is 0 Å². The van der Waals surface area contributed by atoms with Crippen LogP contribution in [0.2, 0.25) is 0 Å². The Kier molecular flexibility index (Phi) is 3.24. The minimum atomic E-state index is 0.378. The maximum Gasteiger partial charge on any atom is 0.124 e. The van der Waals surface area contributed by atoms with E-state index in [1.807, 2.05) is 36.7 Å². The maximum absolute atomic E-state index is 5.66. The molecule has 3 rings (SSSR count). The van der Waals surface area contributed by atoms with Gasteiger partial charge in [0, 0.05) is 37.0 Å². The molecule has 0 fully saturated rings. The predicted molar refractivity (Wildman–Crippen MR) is 70.4 cm³/mol. The zero-order valence-electron chi connectivity index (χ0n) is 10.2. The summed E-state index contributed by atoms with van der Waals surface area (Å²) < 4.78 is 5.66. The van der Waals surface area contributed by atoms with Crippen molar-refractivity contribution in [1.29, 1.82) is 0 Å². The fourth-order valence-electron chi connectivity index (χ4n) is 2.30. The van der Waals surface area contributed by atoms with Gasteiger partial charge in [0.05, 0.1) is 6.61 Å². The summed E-state index contributed by atoms with van der Waals surface area (Å²) >= 11 is 0. The lowest BCUT2D eigenvalue weighted by Crippen LogP contribution is -2.26. The number of fused-ring (bicyclic) bond motifs is 1. The molecule has 0 saturated carbocycles. The summed E-state index contributed by atoms with van der Waals surface area (Å²) in [6, 6.07) is 12.7. The molecule has 1 aromatic heterocycles. The quantitative estimate of drug-likeness (QED) is 0.895. The lowest BCUT2D eigenvalue weighted by atomic mass is 10.0. The monoisotopic (exact) mass is 240 g/mol. The van der Waals surface area contributed by atoms with Crippen molar-refractivity contribution in [2.45, 2.75) is 19.0 Å². The van der Waals surface area contributed by atoms with Gasteiger partial charge in [0.1, 0.15) is 5.75 Å². The second kappa shape index (κ2) is 5.19. The van der Waals surface area contributed by atoms with Crippen molar-refractivity contribution >= 4 is 0 Å². The number of ether oxygens (including phenoxy) is 1. The zero-order chi connectivity index (χ0) is 12.2. The molecule has 0 aliphatic carbocycles. The number of nitrogens with one attached hydrogen (secondary N) is 1. The van der Waals surface area contributed by atoms with Crippen molar-refractivity contribution in [2.75, 3.05) is 6.61 Å². The topological polar surface area (TPSA) is 34.1 Å². The van der Waals surface area contributed by atoms with Gasteiger partial charge in [-0.2, -0.15) is 0 Å². The Labute approximate surface area is 107 Å². The van der Waals surface area contributed by atoms with Gasteiger partial charge in [-0.25, -0.2) is 0 Å². The van der Waals surface area contributed by atoms with Gasteiger partial charge in [-0.15, -0.1) is 0 Å². The molecule has 2 heterocycles. The number of hydrogen-bond acceptors (Lipinski definition) is 3. The highest BCUT2D eigenvalue weighted by molar-refractivity contribution is 5.37. The third kappa shape index (κ3) is 2.36. The summed E-state index contributed by atoms with van der Waals surface area (Å²) in [6.07, 6.45) is 4.67. The Morgan fingerprint density at radius 1 is 1.17 bits per heavy atom. The molecule has 1 N–H and O–H groups in total. The standard InChI is InChI=1S/C15H16N2O/c1-2-4-15-13(3-1)14(7-10-18-15)17-11-12-5-8-16-9-6-12/h1-6,8-9,14,17H,7,10-11H2. The predicted octanol–water partition coefficient (Wildman–Crippen LogP) is 2.70. The molecule has 1 aliphatic heterocycles. The lowest BCUT2D eigenvalue weighted by molar-refractivity contribution is 0.252. The molecule has 3 nitrogen and oxygen atoms in total. The molecule has 0 spiro atoms. The highest BCUT2D eigenvalue weighted by atomic mass is 16.5. The molecule has 0 amide bonds. The second-order valence-corrected chi connectivity index (χ2v) is 4.46. The van der Waals surface area contributed by atoms with Crippen LogP contribution in [0.4, 0.5) is 0 Å². The van der Waals surface area contributed by atoms with Gasteiger partial charge in [-0.1, -0.05) is 18.2 Å². The van der Waals surface area contributed by atoms with E-state index >= 15 is 0 Å². The number of hydrogen-bond donors (Lipinski definition) is 1. The number of benzene rings is 1. The van der Waals surface area contributed by atoms with Gasteiger partial charge in [-0.3, -0.25) is 4.98 Å². The Morgan fingerprint density at radius 2 is 2.00 bits per heavy atom. The van der Waals surface area contributed by atoms with E-state index in [2.05, 4.69) is 22.4 Å². The molecule has 1 atom stereocenters. The minimum absolute atomic E-state index is 0.378. The van der Waals surface area contributed by atoms with Crippen molar-refractivity contribution in [1.82, 2.24) is 10.3 Å². The molecule has 0 radical (unpaired) electrons. The summed E-state index contributed by atoms with van der Waals surface area (Å²) in [5.74, 6) is 1.01. The van der Waals surface area contributed by atoms with E-state index in [9.17, 15) is 0 Å². The largest absolute Gasteiger partial charge is 0.493 e. The van der Waals surface area contributed by atoms with E-state index in [4.69, 9.17) is 4.74 Å². The Morgan fingerprint density at radius 3 is 2.89 bits per heavy atom. The first-order valence-corrected chi connectivity index (χ1v) is 6.27. The number of para-hydroxylation sites is 1. The van der Waals surface area contributed by atoms with Gasteiger partial charge in [0.2, 0.25) is 0 Å². The summed E-state index contributed by atoms with van der Waals surface area (Å²) in [6.45, 7) is 1.65. The first-order chi connectivity index (χ1) is 8.93. The lowest BCUT2D eigenvalue weighted by Gasteiger charge is -2.26. The van der Waals surface area contributed by atoms with Crippen LogP contribution >= 0.6 is 0 Å². The summed E-state index contributed by atoms with van der Waals surface area (Å²) in [7, 11) is 0. The first-order valence-electron chi connectivity index (χ1n) is 6.27. The van der Waals surface area contributed by atoms with E-state index in [0.29, 0.717) is 6.04 Å². The Bertz CT molecular complexity index is 513. The number of aromatic nitrogens is 1. The van der Waals surface area contributed by atoms with Crippen LogP contribution in [0, 0.1) is 0 Å².